The number of aliphatic hydroxyl groups is 1. The second kappa shape index (κ2) is 4.77. The molecule has 1 N–H and O–H groups in total. The van der Waals surface area contributed by atoms with E-state index < -0.39 is 0 Å². The van der Waals surface area contributed by atoms with E-state index >= 15 is 0 Å². The van der Waals surface area contributed by atoms with Gasteiger partial charge in [0.05, 0.1) is 6.10 Å². The minimum Gasteiger partial charge on any atom is -0.387 e. The molecule has 0 amide bonds. The van der Waals surface area contributed by atoms with E-state index in [4.69, 9.17) is 0 Å². The van der Waals surface area contributed by atoms with E-state index in [1.807, 2.05) is 30.3 Å². The molecule has 1 aromatic rings. The Morgan fingerprint density at radius 3 is 2.67 bits per heavy atom. The van der Waals surface area contributed by atoms with Gasteiger partial charge in [0, 0.05) is 6.04 Å². The molecule has 1 fully saturated rings. The van der Waals surface area contributed by atoms with Gasteiger partial charge < -0.3 is 10.0 Å². The third-order valence-corrected chi connectivity index (χ3v) is 3.33. The molecule has 2 atom stereocenters. The number of likely N-dealkylation sites (tertiary alicyclic amines) is 1. The smallest absolute Gasteiger partial charge is 0.0945 e. The van der Waals surface area contributed by atoms with E-state index in [-0.39, 0.29) is 6.10 Å². The summed E-state index contributed by atoms with van der Waals surface area (Å²) in [4.78, 5) is 2.28. The summed E-state index contributed by atoms with van der Waals surface area (Å²) in [6, 6.07) is 10.3. The molecule has 0 radical (unpaired) electrons. The second-order valence-electron chi connectivity index (χ2n) is 4.40. The minimum absolute atomic E-state index is 0.293. The van der Waals surface area contributed by atoms with E-state index in [0.29, 0.717) is 6.04 Å². The second-order valence-corrected chi connectivity index (χ2v) is 4.40. The highest BCUT2D eigenvalue weighted by Gasteiger charge is 2.26. The summed E-state index contributed by atoms with van der Waals surface area (Å²) in [7, 11) is 2.11. The van der Waals surface area contributed by atoms with E-state index in [1.165, 1.54) is 12.8 Å². The molecule has 0 unspecified atom stereocenters. The van der Waals surface area contributed by atoms with E-state index in [1.54, 1.807) is 0 Å². The molecule has 1 heterocycles. The van der Waals surface area contributed by atoms with Crippen molar-refractivity contribution in [2.24, 2.45) is 0 Å². The third-order valence-electron chi connectivity index (χ3n) is 3.33. The van der Waals surface area contributed by atoms with Crippen LogP contribution in [0, 0.1) is 0 Å². The van der Waals surface area contributed by atoms with Crippen LogP contribution in [-0.4, -0.2) is 29.6 Å². The first-order chi connectivity index (χ1) is 7.29. The molecular weight excluding hydrogens is 186 g/mol. The standard InChI is InChI=1S/C13H19NO/c1-14-10-6-5-9-12(14)13(15)11-7-3-2-4-8-11/h2-4,7-8,12-13,15H,5-6,9-10H2,1H3/t12-,13-/m1/s1. The van der Waals surface area contributed by atoms with E-state index in [9.17, 15) is 5.11 Å². The summed E-state index contributed by atoms with van der Waals surface area (Å²) in [5.74, 6) is 0. The van der Waals surface area contributed by atoms with Gasteiger partial charge in [-0.05, 0) is 32.0 Å². The number of likely N-dealkylation sites (N-methyl/N-ethyl adjacent to an activating group) is 1. The zero-order valence-electron chi connectivity index (χ0n) is 9.26. The Kier molecular flexibility index (Phi) is 3.39. The van der Waals surface area contributed by atoms with Crippen LogP contribution in [0.15, 0.2) is 30.3 Å². The molecular formula is C13H19NO. The Morgan fingerprint density at radius 2 is 2.00 bits per heavy atom. The zero-order chi connectivity index (χ0) is 10.7. The molecule has 82 valence electrons. The van der Waals surface area contributed by atoms with Crippen molar-refractivity contribution in [3.05, 3.63) is 35.9 Å². The first kappa shape index (κ1) is 10.7. The Labute approximate surface area is 91.5 Å². The summed E-state index contributed by atoms with van der Waals surface area (Å²) in [6.07, 6.45) is 3.26. The van der Waals surface area contributed by atoms with E-state index in [0.717, 1.165) is 18.5 Å². The van der Waals surface area contributed by atoms with Crippen LogP contribution in [0.4, 0.5) is 0 Å². The fraction of sp³-hybridized carbons (Fsp3) is 0.538. The minimum atomic E-state index is -0.337. The van der Waals surface area contributed by atoms with Gasteiger partial charge in [-0.15, -0.1) is 0 Å². The lowest BCUT2D eigenvalue weighted by atomic mass is 9.93. The number of hydrogen-bond acceptors (Lipinski definition) is 2. The van der Waals surface area contributed by atoms with Gasteiger partial charge in [0.1, 0.15) is 0 Å². The summed E-state index contributed by atoms with van der Waals surface area (Å²) in [5.41, 5.74) is 1.04. The van der Waals surface area contributed by atoms with Gasteiger partial charge in [-0.3, -0.25) is 0 Å². The summed E-state index contributed by atoms with van der Waals surface area (Å²) in [5, 5.41) is 10.3. The van der Waals surface area contributed by atoms with Gasteiger partial charge in [-0.1, -0.05) is 36.8 Å². The van der Waals surface area contributed by atoms with E-state index in [2.05, 4.69) is 11.9 Å². The number of piperidine rings is 1. The van der Waals surface area contributed by atoms with Crippen LogP contribution in [0.3, 0.4) is 0 Å². The highest BCUT2D eigenvalue weighted by molar-refractivity contribution is 5.19. The van der Waals surface area contributed by atoms with Crippen molar-refractivity contribution in [1.29, 1.82) is 0 Å². The highest BCUT2D eigenvalue weighted by atomic mass is 16.3. The molecule has 1 aliphatic heterocycles. The molecule has 2 rings (SSSR count). The molecule has 2 heteroatoms. The average Bonchev–Trinajstić information content (AvgIpc) is 2.30. The van der Waals surface area contributed by atoms with Crippen molar-refractivity contribution in [3.63, 3.8) is 0 Å². The topological polar surface area (TPSA) is 23.5 Å². The first-order valence-electron chi connectivity index (χ1n) is 5.72. The van der Waals surface area contributed by atoms with Crippen molar-refractivity contribution in [2.75, 3.05) is 13.6 Å². The van der Waals surface area contributed by atoms with Gasteiger partial charge in [0.15, 0.2) is 0 Å². The molecule has 0 spiro atoms. The van der Waals surface area contributed by atoms with Crippen molar-refractivity contribution in [2.45, 2.75) is 31.4 Å². The maximum atomic E-state index is 10.3. The molecule has 0 aliphatic carbocycles. The zero-order valence-corrected chi connectivity index (χ0v) is 9.26. The van der Waals surface area contributed by atoms with Crippen molar-refractivity contribution >= 4 is 0 Å². The Morgan fingerprint density at radius 1 is 1.27 bits per heavy atom. The van der Waals surface area contributed by atoms with Crippen molar-refractivity contribution in [1.82, 2.24) is 4.90 Å². The largest absolute Gasteiger partial charge is 0.387 e. The number of nitrogens with zero attached hydrogens (tertiary/aromatic N) is 1. The molecule has 0 bridgehead atoms. The van der Waals surface area contributed by atoms with Crippen LogP contribution >= 0.6 is 0 Å². The molecule has 1 saturated heterocycles. The van der Waals surface area contributed by atoms with Crippen molar-refractivity contribution < 1.29 is 5.11 Å². The van der Waals surface area contributed by atoms with Gasteiger partial charge in [-0.2, -0.15) is 0 Å². The van der Waals surface area contributed by atoms with Crippen LogP contribution in [0.2, 0.25) is 0 Å². The predicted molar refractivity (Wildman–Crippen MR) is 61.7 cm³/mol. The summed E-state index contributed by atoms with van der Waals surface area (Å²) < 4.78 is 0. The number of benzene rings is 1. The summed E-state index contributed by atoms with van der Waals surface area (Å²) >= 11 is 0. The maximum Gasteiger partial charge on any atom is 0.0945 e. The van der Waals surface area contributed by atoms with Crippen LogP contribution in [0.1, 0.15) is 30.9 Å². The van der Waals surface area contributed by atoms with Gasteiger partial charge in [-0.25, -0.2) is 0 Å². The number of hydrogen-bond donors (Lipinski definition) is 1. The fourth-order valence-electron chi connectivity index (χ4n) is 2.37. The van der Waals surface area contributed by atoms with Crippen LogP contribution in [0.25, 0.3) is 0 Å². The van der Waals surface area contributed by atoms with Crippen molar-refractivity contribution in [3.8, 4) is 0 Å². The predicted octanol–water partition coefficient (Wildman–Crippen LogP) is 2.20. The molecule has 1 aliphatic rings. The number of rotatable bonds is 2. The third kappa shape index (κ3) is 2.39. The fourth-order valence-corrected chi connectivity index (χ4v) is 2.37. The lowest BCUT2D eigenvalue weighted by Crippen LogP contribution is -2.40. The molecule has 0 saturated carbocycles. The Bertz CT molecular complexity index is 299. The first-order valence-corrected chi connectivity index (χ1v) is 5.72. The molecule has 1 aromatic carbocycles. The lowest BCUT2D eigenvalue weighted by Gasteiger charge is -2.35. The van der Waals surface area contributed by atoms with Crippen LogP contribution < -0.4 is 0 Å². The van der Waals surface area contributed by atoms with Gasteiger partial charge in [0.25, 0.3) is 0 Å². The number of aliphatic hydroxyl groups excluding tert-OH is 1. The quantitative estimate of drug-likeness (QED) is 0.800. The SMILES string of the molecule is CN1CCCC[C@@H]1[C@H](O)c1ccccc1. The highest BCUT2D eigenvalue weighted by Crippen LogP contribution is 2.27. The maximum absolute atomic E-state index is 10.3. The average molecular weight is 205 g/mol. The van der Waals surface area contributed by atoms with Gasteiger partial charge >= 0.3 is 0 Å². The van der Waals surface area contributed by atoms with Crippen LogP contribution in [0.5, 0.6) is 0 Å². The van der Waals surface area contributed by atoms with Crippen LogP contribution in [-0.2, 0) is 0 Å². The Hall–Kier alpha value is -0.860. The molecule has 2 nitrogen and oxygen atoms in total. The lowest BCUT2D eigenvalue weighted by molar-refractivity contribution is 0.0403. The molecule has 0 aromatic heterocycles. The Balaban J connectivity index is 2.09. The monoisotopic (exact) mass is 205 g/mol. The van der Waals surface area contributed by atoms with Gasteiger partial charge in [0.2, 0.25) is 0 Å². The molecule has 15 heavy (non-hydrogen) atoms. The normalized spacial score (nSPS) is 25.1. The summed E-state index contributed by atoms with van der Waals surface area (Å²) in [6.45, 7) is 1.11.